The summed E-state index contributed by atoms with van der Waals surface area (Å²) in [6.45, 7) is 3.29. The predicted molar refractivity (Wildman–Crippen MR) is 127 cm³/mol. The fourth-order valence-corrected chi connectivity index (χ4v) is 4.59. The summed E-state index contributed by atoms with van der Waals surface area (Å²) in [6, 6.07) is 10.2. The third-order valence-electron chi connectivity index (χ3n) is 4.99. The number of nitrogens with zero attached hydrogens (tertiary/aromatic N) is 2. The van der Waals surface area contributed by atoms with Crippen LogP contribution in [-0.2, 0) is 14.8 Å². The van der Waals surface area contributed by atoms with Gasteiger partial charge in [0, 0.05) is 35.1 Å². The number of carboxylic acid groups (broad SMARTS) is 1. The minimum Gasteiger partial charge on any atom is -0.475 e. The van der Waals surface area contributed by atoms with E-state index in [4.69, 9.17) is 15.6 Å². The van der Waals surface area contributed by atoms with Crippen molar-refractivity contribution in [2.24, 2.45) is 5.92 Å². The van der Waals surface area contributed by atoms with E-state index in [0.717, 1.165) is 0 Å². The van der Waals surface area contributed by atoms with Crippen LogP contribution in [0.4, 0.5) is 23.5 Å². The summed E-state index contributed by atoms with van der Waals surface area (Å²) < 4.78 is 75.0. The fraction of sp³-hybridized carbons (Fsp3) is 0.261. The fourth-order valence-electron chi connectivity index (χ4n) is 2.98. The van der Waals surface area contributed by atoms with E-state index >= 15 is 0 Å². The number of alkyl halides is 3. The number of carboxylic acids is 1. The van der Waals surface area contributed by atoms with Gasteiger partial charge in [0.25, 0.3) is 0 Å². The molecule has 1 atom stereocenters. The molecular formula is C23H24F4N4O5S. The Kier molecular flexibility index (Phi) is 9.67. The van der Waals surface area contributed by atoms with Gasteiger partial charge in [0.15, 0.2) is 0 Å². The molecule has 0 aliphatic rings. The summed E-state index contributed by atoms with van der Waals surface area (Å²) in [7, 11) is -3.94. The Morgan fingerprint density at radius 2 is 1.62 bits per heavy atom. The first kappa shape index (κ1) is 29.6. The molecule has 0 aliphatic heterocycles. The Morgan fingerprint density at radius 3 is 2.11 bits per heavy atom. The number of aliphatic hydroxyl groups excluding tert-OH is 1. The molecule has 0 amide bonds. The molecule has 9 nitrogen and oxygen atoms in total. The number of carbonyl (C=O) groups is 1. The predicted octanol–water partition coefficient (Wildman–Crippen LogP) is 3.46. The molecule has 14 heteroatoms. The molecule has 200 valence electrons. The van der Waals surface area contributed by atoms with Gasteiger partial charge in [-0.25, -0.2) is 32.3 Å². The van der Waals surface area contributed by atoms with Crippen molar-refractivity contribution in [2.75, 3.05) is 12.3 Å². The van der Waals surface area contributed by atoms with Crippen molar-refractivity contribution < 1.29 is 41.0 Å². The van der Waals surface area contributed by atoms with Gasteiger partial charge in [0.05, 0.1) is 11.5 Å². The lowest BCUT2D eigenvalue weighted by atomic mass is 10.0. The highest BCUT2D eigenvalue weighted by Crippen LogP contribution is 2.31. The molecule has 3 rings (SSSR count). The van der Waals surface area contributed by atoms with Gasteiger partial charge in [-0.05, 0) is 23.6 Å². The van der Waals surface area contributed by atoms with Crippen LogP contribution in [0.25, 0.3) is 22.3 Å². The minimum absolute atomic E-state index is 0.00654. The van der Waals surface area contributed by atoms with Gasteiger partial charge in [-0.3, -0.25) is 0 Å². The molecule has 5 N–H and O–H groups in total. The van der Waals surface area contributed by atoms with Gasteiger partial charge in [-0.15, -0.1) is 0 Å². The molecule has 0 saturated carbocycles. The number of aromatic nitrogens is 2. The summed E-state index contributed by atoms with van der Waals surface area (Å²) in [5.41, 5.74) is 6.95. The van der Waals surface area contributed by atoms with Crippen LogP contribution in [0.1, 0.15) is 13.8 Å². The van der Waals surface area contributed by atoms with Crippen molar-refractivity contribution in [1.82, 2.24) is 14.7 Å². The Morgan fingerprint density at radius 1 is 1.05 bits per heavy atom. The molecule has 0 aliphatic carbocycles. The molecule has 2 aromatic carbocycles. The van der Waals surface area contributed by atoms with Crippen LogP contribution in [0.15, 0.2) is 59.8 Å². The average molecular weight is 545 g/mol. The number of nitrogens with one attached hydrogen (secondary N) is 1. The minimum atomic E-state index is -5.08. The highest BCUT2D eigenvalue weighted by molar-refractivity contribution is 7.89. The van der Waals surface area contributed by atoms with Crippen LogP contribution >= 0.6 is 0 Å². The summed E-state index contributed by atoms with van der Waals surface area (Å²) in [4.78, 5) is 16.6. The Balaban J connectivity index is 0.000000604. The first-order chi connectivity index (χ1) is 17.2. The second-order valence-corrected chi connectivity index (χ2v) is 9.66. The van der Waals surface area contributed by atoms with Gasteiger partial charge in [0.2, 0.25) is 16.0 Å². The zero-order valence-corrected chi connectivity index (χ0v) is 20.4. The molecule has 0 radical (unpaired) electrons. The standard InChI is InChI=1S/C21H23FN4O3S.C2HF3O2/c1-13(2)19(12-27)26-30(28,29)20-6-4-3-5-17(20)14-7-8-16(18(22)9-14)15-10-24-21(23)25-11-15;3-2(4,5)1(6)7/h3-11,13,19,26-27H,12H2,1-2H3,(H2,23,24,25);(H,6,7). The molecule has 0 fully saturated rings. The number of hydrogen-bond acceptors (Lipinski definition) is 7. The number of anilines is 1. The van der Waals surface area contributed by atoms with E-state index in [1.54, 1.807) is 30.3 Å². The van der Waals surface area contributed by atoms with Crippen molar-refractivity contribution in [2.45, 2.75) is 31.0 Å². The normalized spacial score (nSPS) is 12.5. The van der Waals surface area contributed by atoms with E-state index in [-0.39, 0.29) is 28.9 Å². The van der Waals surface area contributed by atoms with E-state index in [0.29, 0.717) is 16.7 Å². The van der Waals surface area contributed by atoms with Gasteiger partial charge in [-0.1, -0.05) is 44.2 Å². The number of aliphatic hydroxyl groups is 1. The SMILES string of the molecule is CC(C)C(CO)NS(=O)(=O)c1ccccc1-c1ccc(-c2cnc(N)nc2)c(F)c1.O=C(O)C(F)(F)F. The smallest absolute Gasteiger partial charge is 0.475 e. The van der Waals surface area contributed by atoms with Crippen LogP contribution in [0, 0.1) is 11.7 Å². The number of hydrogen-bond donors (Lipinski definition) is 4. The zero-order valence-electron chi connectivity index (χ0n) is 19.6. The number of nitrogens with two attached hydrogens (primary N) is 1. The lowest BCUT2D eigenvalue weighted by Gasteiger charge is -2.21. The number of rotatable bonds is 7. The monoisotopic (exact) mass is 544 g/mol. The van der Waals surface area contributed by atoms with Crippen LogP contribution in [0.5, 0.6) is 0 Å². The van der Waals surface area contributed by atoms with E-state index in [1.165, 1.54) is 24.5 Å². The molecule has 3 aromatic rings. The third kappa shape index (κ3) is 7.93. The lowest BCUT2D eigenvalue weighted by Crippen LogP contribution is -2.41. The molecule has 1 unspecified atom stereocenters. The Bertz CT molecular complexity index is 1330. The Hall–Kier alpha value is -3.62. The number of halogens is 4. The van der Waals surface area contributed by atoms with Crippen LogP contribution in [-0.4, -0.2) is 53.4 Å². The molecule has 0 saturated heterocycles. The van der Waals surface area contributed by atoms with E-state index in [2.05, 4.69) is 14.7 Å². The van der Waals surface area contributed by atoms with Crippen molar-refractivity contribution in [1.29, 1.82) is 0 Å². The van der Waals surface area contributed by atoms with Crippen molar-refractivity contribution in [3.05, 3.63) is 60.7 Å². The van der Waals surface area contributed by atoms with Gasteiger partial charge in [-0.2, -0.15) is 13.2 Å². The second-order valence-electron chi connectivity index (χ2n) is 7.98. The quantitative estimate of drug-likeness (QED) is 0.330. The lowest BCUT2D eigenvalue weighted by molar-refractivity contribution is -0.192. The van der Waals surface area contributed by atoms with Gasteiger partial charge in [0.1, 0.15) is 5.82 Å². The largest absolute Gasteiger partial charge is 0.490 e. The van der Waals surface area contributed by atoms with Crippen LogP contribution < -0.4 is 10.5 Å². The molecule has 0 bridgehead atoms. The molecule has 1 aromatic heterocycles. The molecule has 1 heterocycles. The summed E-state index contributed by atoms with van der Waals surface area (Å²) in [5, 5.41) is 16.6. The van der Waals surface area contributed by atoms with E-state index in [9.17, 15) is 31.1 Å². The third-order valence-corrected chi connectivity index (χ3v) is 6.54. The number of nitrogen functional groups attached to an aromatic ring is 1. The molecular weight excluding hydrogens is 520 g/mol. The molecule has 0 spiro atoms. The first-order valence-electron chi connectivity index (χ1n) is 10.6. The van der Waals surface area contributed by atoms with E-state index in [1.807, 2.05) is 13.8 Å². The topological polar surface area (TPSA) is 156 Å². The Labute approximate surface area is 210 Å². The highest BCUT2D eigenvalue weighted by Gasteiger charge is 2.38. The van der Waals surface area contributed by atoms with Gasteiger partial charge < -0.3 is 15.9 Å². The maximum Gasteiger partial charge on any atom is 0.490 e. The maximum absolute atomic E-state index is 14.8. The van der Waals surface area contributed by atoms with Crippen molar-refractivity contribution in [3.8, 4) is 22.3 Å². The zero-order chi connectivity index (χ0) is 28.0. The van der Waals surface area contributed by atoms with Crippen LogP contribution in [0.2, 0.25) is 0 Å². The highest BCUT2D eigenvalue weighted by atomic mass is 32.2. The van der Waals surface area contributed by atoms with Gasteiger partial charge >= 0.3 is 12.1 Å². The number of aliphatic carboxylic acids is 1. The molecule has 37 heavy (non-hydrogen) atoms. The summed E-state index contributed by atoms with van der Waals surface area (Å²) in [6.07, 6.45) is -2.24. The van der Waals surface area contributed by atoms with E-state index < -0.39 is 34.0 Å². The summed E-state index contributed by atoms with van der Waals surface area (Å²) >= 11 is 0. The van der Waals surface area contributed by atoms with Crippen LogP contribution in [0.3, 0.4) is 0 Å². The maximum atomic E-state index is 14.8. The second kappa shape index (κ2) is 12.1. The van der Waals surface area contributed by atoms with Crippen molar-refractivity contribution in [3.63, 3.8) is 0 Å². The first-order valence-corrected chi connectivity index (χ1v) is 12.1. The summed E-state index contributed by atoms with van der Waals surface area (Å²) in [5.74, 6) is -3.32. The number of sulfonamides is 1. The average Bonchev–Trinajstić information content (AvgIpc) is 2.83. The van der Waals surface area contributed by atoms with Crippen molar-refractivity contribution >= 4 is 21.9 Å². The number of benzene rings is 2.